The molecule has 0 aromatic heterocycles. The highest BCUT2D eigenvalue weighted by Gasteiger charge is 2.03. The molecule has 0 aromatic rings. The van der Waals surface area contributed by atoms with Crippen LogP contribution in [0.2, 0.25) is 0 Å². The Morgan fingerprint density at radius 2 is 1.75 bits per heavy atom. The van der Waals surface area contributed by atoms with Crippen LogP contribution in [0.25, 0.3) is 0 Å². The van der Waals surface area contributed by atoms with Crippen LogP contribution in [0.5, 0.6) is 0 Å². The average molecular weight is 168 g/mol. The van der Waals surface area contributed by atoms with Crippen LogP contribution in [0.3, 0.4) is 0 Å². The predicted octanol–water partition coefficient (Wildman–Crippen LogP) is 4.41. The molecule has 0 nitrogen and oxygen atoms in total. The van der Waals surface area contributed by atoms with E-state index in [-0.39, 0.29) is 0 Å². The van der Waals surface area contributed by atoms with Gasteiger partial charge in [0.05, 0.1) is 0 Å². The molecule has 0 fully saturated rings. The lowest BCUT2D eigenvalue weighted by molar-refractivity contribution is 0.425. The van der Waals surface area contributed by atoms with E-state index in [0.717, 1.165) is 18.8 Å². The second kappa shape index (κ2) is 9.09. The summed E-state index contributed by atoms with van der Waals surface area (Å²) in [5, 5.41) is 0. The molecule has 0 heteroatoms. The average Bonchev–Trinajstić information content (AvgIpc) is 2.10. The maximum Gasteiger partial charge on any atom is -0.0414 e. The standard InChI is InChI=1S/C12H24/c1-4-7-8-9-11-12(6-3)10-5-2/h12H,1,3-11H2,2H3. The van der Waals surface area contributed by atoms with Crippen molar-refractivity contribution in [2.45, 2.75) is 58.3 Å². The lowest BCUT2D eigenvalue weighted by Gasteiger charge is -2.12. The zero-order valence-electron chi connectivity index (χ0n) is 8.65. The van der Waals surface area contributed by atoms with Gasteiger partial charge >= 0.3 is 0 Å². The number of hydrogen-bond acceptors (Lipinski definition) is 0. The molecule has 0 aromatic carbocycles. The fourth-order valence-corrected chi connectivity index (χ4v) is 1.63. The van der Waals surface area contributed by atoms with Gasteiger partial charge < -0.3 is 0 Å². The van der Waals surface area contributed by atoms with Gasteiger partial charge in [0.25, 0.3) is 0 Å². The summed E-state index contributed by atoms with van der Waals surface area (Å²) in [5.41, 5.74) is 0. The van der Waals surface area contributed by atoms with Crippen molar-refractivity contribution in [3.63, 3.8) is 0 Å². The van der Waals surface area contributed by atoms with Crippen molar-refractivity contribution in [1.82, 2.24) is 0 Å². The van der Waals surface area contributed by atoms with E-state index in [0.29, 0.717) is 0 Å². The molecule has 0 saturated heterocycles. The Morgan fingerprint density at radius 1 is 1.00 bits per heavy atom. The smallest absolute Gasteiger partial charge is 0.0414 e. The molecule has 1 unspecified atom stereocenters. The third kappa shape index (κ3) is 6.69. The Balaban J connectivity index is 3.19. The Morgan fingerprint density at radius 3 is 2.25 bits per heavy atom. The molecule has 2 radical (unpaired) electrons. The third-order valence-corrected chi connectivity index (χ3v) is 2.47. The minimum Gasteiger partial charge on any atom is -0.0654 e. The lowest BCUT2D eigenvalue weighted by Crippen LogP contribution is -1.97. The molecule has 0 aliphatic heterocycles. The van der Waals surface area contributed by atoms with Crippen molar-refractivity contribution in [1.29, 1.82) is 0 Å². The number of rotatable bonds is 8. The topological polar surface area (TPSA) is 0 Å². The van der Waals surface area contributed by atoms with Crippen LogP contribution in [0.15, 0.2) is 0 Å². The van der Waals surface area contributed by atoms with Gasteiger partial charge in [0.2, 0.25) is 0 Å². The Labute approximate surface area is 78.8 Å². The van der Waals surface area contributed by atoms with Gasteiger partial charge in [-0.2, -0.15) is 0 Å². The Hall–Kier alpha value is 0. The molecule has 0 saturated carbocycles. The summed E-state index contributed by atoms with van der Waals surface area (Å²) < 4.78 is 0. The quantitative estimate of drug-likeness (QED) is 0.471. The predicted molar refractivity (Wildman–Crippen MR) is 56.8 cm³/mol. The molecule has 72 valence electrons. The molecule has 0 aliphatic carbocycles. The van der Waals surface area contributed by atoms with Gasteiger partial charge in [-0.1, -0.05) is 72.1 Å². The first kappa shape index (κ1) is 12.0. The molecule has 0 N–H and O–H groups in total. The van der Waals surface area contributed by atoms with E-state index < -0.39 is 0 Å². The maximum absolute atomic E-state index is 3.99. The van der Waals surface area contributed by atoms with E-state index in [1.807, 2.05) is 0 Å². The van der Waals surface area contributed by atoms with Crippen LogP contribution in [0.4, 0.5) is 0 Å². The number of unbranched alkanes of at least 4 members (excludes halogenated alkanes) is 3. The summed E-state index contributed by atoms with van der Waals surface area (Å²) in [5.74, 6) is 0.889. The van der Waals surface area contributed by atoms with E-state index >= 15 is 0 Å². The van der Waals surface area contributed by atoms with Crippen molar-refractivity contribution in [2.75, 3.05) is 0 Å². The molecule has 12 heavy (non-hydrogen) atoms. The molecule has 0 rings (SSSR count). The van der Waals surface area contributed by atoms with Gasteiger partial charge in [-0.15, -0.1) is 0 Å². The molecule has 0 bridgehead atoms. The zero-order chi connectivity index (χ0) is 9.23. The van der Waals surface area contributed by atoms with E-state index in [1.54, 1.807) is 0 Å². The third-order valence-electron chi connectivity index (χ3n) is 2.47. The second-order valence-electron chi connectivity index (χ2n) is 3.65. The molecule has 0 heterocycles. The molecular formula is C12H24. The Bertz CT molecular complexity index is 76.1. The fraction of sp³-hybridized carbons (Fsp3) is 0.833. The summed E-state index contributed by atoms with van der Waals surface area (Å²) >= 11 is 0. The summed E-state index contributed by atoms with van der Waals surface area (Å²) in [6.45, 7) is 10.1. The summed E-state index contributed by atoms with van der Waals surface area (Å²) in [6, 6.07) is 0. The minimum atomic E-state index is 0.889. The molecule has 0 aliphatic rings. The largest absolute Gasteiger partial charge is 0.0654 e. The normalized spacial score (nSPS) is 13.2. The first-order valence-corrected chi connectivity index (χ1v) is 5.43. The van der Waals surface area contributed by atoms with Gasteiger partial charge in [0, 0.05) is 0 Å². The Kier molecular flexibility index (Phi) is 9.09. The van der Waals surface area contributed by atoms with Crippen molar-refractivity contribution in [3.05, 3.63) is 13.8 Å². The van der Waals surface area contributed by atoms with E-state index in [1.165, 1.54) is 38.5 Å². The van der Waals surface area contributed by atoms with Crippen LogP contribution in [0.1, 0.15) is 58.3 Å². The van der Waals surface area contributed by atoms with Crippen LogP contribution in [0, 0.1) is 19.8 Å². The van der Waals surface area contributed by atoms with Crippen LogP contribution < -0.4 is 0 Å². The van der Waals surface area contributed by atoms with Crippen LogP contribution >= 0.6 is 0 Å². The van der Waals surface area contributed by atoms with Crippen molar-refractivity contribution in [2.24, 2.45) is 5.92 Å². The molecule has 0 amide bonds. The monoisotopic (exact) mass is 168 g/mol. The number of hydrogen-bond donors (Lipinski definition) is 0. The minimum absolute atomic E-state index is 0.889. The first-order chi connectivity index (χ1) is 5.85. The highest BCUT2D eigenvalue weighted by Crippen LogP contribution is 2.18. The zero-order valence-corrected chi connectivity index (χ0v) is 8.65. The van der Waals surface area contributed by atoms with Crippen LogP contribution in [-0.2, 0) is 0 Å². The summed E-state index contributed by atoms with van der Waals surface area (Å²) in [7, 11) is 0. The van der Waals surface area contributed by atoms with Crippen molar-refractivity contribution >= 4 is 0 Å². The van der Waals surface area contributed by atoms with Gasteiger partial charge in [0.15, 0.2) is 0 Å². The van der Waals surface area contributed by atoms with E-state index in [9.17, 15) is 0 Å². The van der Waals surface area contributed by atoms with Gasteiger partial charge in [-0.05, 0) is 5.92 Å². The second-order valence-corrected chi connectivity index (χ2v) is 3.65. The molecule has 0 spiro atoms. The van der Waals surface area contributed by atoms with Gasteiger partial charge in [-0.25, -0.2) is 0 Å². The van der Waals surface area contributed by atoms with Gasteiger partial charge in [0.1, 0.15) is 0 Å². The van der Waals surface area contributed by atoms with Crippen LogP contribution in [-0.4, -0.2) is 0 Å². The van der Waals surface area contributed by atoms with E-state index in [4.69, 9.17) is 0 Å². The first-order valence-electron chi connectivity index (χ1n) is 5.43. The van der Waals surface area contributed by atoms with Crippen molar-refractivity contribution in [3.8, 4) is 0 Å². The van der Waals surface area contributed by atoms with E-state index in [2.05, 4.69) is 20.8 Å². The SMILES string of the molecule is [CH2]CCCCCC(C[CH2])CCC. The fourth-order valence-electron chi connectivity index (χ4n) is 1.63. The molecular weight excluding hydrogens is 144 g/mol. The molecule has 1 atom stereocenters. The highest BCUT2D eigenvalue weighted by atomic mass is 14.1. The summed E-state index contributed by atoms with van der Waals surface area (Å²) in [6.07, 6.45) is 10.3. The maximum atomic E-state index is 3.99. The van der Waals surface area contributed by atoms with Gasteiger partial charge in [-0.3, -0.25) is 0 Å². The summed E-state index contributed by atoms with van der Waals surface area (Å²) in [4.78, 5) is 0. The lowest BCUT2D eigenvalue weighted by atomic mass is 9.94. The van der Waals surface area contributed by atoms with Crippen molar-refractivity contribution < 1.29 is 0 Å². The highest BCUT2D eigenvalue weighted by molar-refractivity contribution is 4.60.